The topological polar surface area (TPSA) is 108 Å². The van der Waals surface area contributed by atoms with Crippen molar-refractivity contribution in [1.82, 2.24) is 20.0 Å². The Kier molecular flexibility index (Phi) is 9.50. The monoisotopic (exact) mass is 529 g/mol. The van der Waals surface area contributed by atoms with Crippen LogP contribution in [0.15, 0.2) is 34.9 Å². The quantitative estimate of drug-likeness (QED) is 0.562. The van der Waals surface area contributed by atoms with Gasteiger partial charge in [-0.2, -0.15) is 0 Å². The van der Waals surface area contributed by atoms with E-state index in [4.69, 9.17) is 10.5 Å². The van der Waals surface area contributed by atoms with E-state index in [1.165, 1.54) is 0 Å². The number of fused-ring (bicyclic) bond motifs is 1. The second kappa shape index (κ2) is 12.8. The summed E-state index contributed by atoms with van der Waals surface area (Å²) in [5, 5.41) is 2.70. The first-order chi connectivity index (χ1) is 17.9. The number of thioether (sulfide) groups is 1. The van der Waals surface area contributed by atoms with Crippen molar-refractivity contribution in [2.75, 3.05) is 51.6 Å². The van der Waals surface area contributed by atoms with Crippen LogP contribution in [0.5, 0.6) is 0 Å². The van der Waals surface area contributed by atoms with Gasteiger partial charge in [-0.15, -0.1) is 11.8 Å². The molecule has 37 heavy (non-hydrogen) atoms. The van der Waals surface area contributed by atoms with Crippen LogP contribution < -0.4 is 11.1 Å². The summed E-state index contributed by atoms with van der Waals surface area (Å²) in [6, 6.07) is 7.44. The third kappa shape index (κ3) is 6.48. The summed E-state index contributed by atoms with van der Waals surface area (Å²) in [6.07, 6.45) is 3.19. The van der Waals surface area contributed by atoms with Gasteiger partial charge in [0.15, 0.2) is 0 Å². The predicted octanol–water partition coefficient (Wildman–Crippen LogP) is 2.51. The van der Waals surface area contributed by atoms with Gasteiger partial charge in [-0.1, -0.05) is 25.1 Å². The highest BCUT2D eigenvalue weighted by Crippen LogP contribution is 2.37. The van der Waals surface area contributed by atoms with Gasteiger partial charge >= 0.3 is 6.03 Å². The molecule has 9 nitrogen and oxygen atoms in total. The highest BCUT2D eigenvalue weighted by Gasteiger charge is 2.35. The number of carbonyl (C=O) groups excluding carboxylic acids is 3. The zero-order valence-electron chi connectivity index (χ0n) is 21.9. The van der Waals surface area contributed by atoms with Crippen LogP contribution in [0, 0.1) is 0 Å². The molecule has 3 N–H and O–H groups in total. The van der Waals surface area contributed by atoms with Gasteiger partial charge in [0.1, 0.15) is 6.10 Å². The zero-order valence-corrected chi connectivity index (χ0v) is 22.7. The Morgan fingerprint density at radius 3 is 2.73 bits per heavy atom. The number of carbonyl (C=O) groups is 3. The van der Waals surface area contributed by atoms with E-state index in [9.17, 15) is 14.4 Å². The van der Waals surface area contributed by atoms with Gasteiger partial charge in [0.2, 0.25) is 0 Å². The van der Waals surface area contributed by atoms with Crippen LogP contribution in [0.2, 0.25) is 0 Å². The predicted molar refractivity (Wildman–Crippen MR) is 145 cm³/mol. The zero-order chi connectivity index (χ0) is 26.4. The molecule has 2 saturated heterocycles. The van der Waals surface area contributed by atoms with Crippen molar-refractivity contribution in [3.05, 3.63) is 35.5 Å². The molecule has 1 aromatic rings. The summed E-state index contributed by atoms with van der Waals surface area (Å²) in [6.45, 7) is 8.75. The van der Waals surface area contributed by atoms with Gasteiger partial charge in [0, 0.05) is 67.2 Å². The van der Waals surface area contributed by atoms with Crippen LogP contribution in [0.25, 0.3) is 5.57 Å². The second-order valence-electron chi connectivity index (χ2n) is 9.78. The summed E-state index contributed by atoms with van der Waals surface area (Å²) in [5.74, 6) is 0.507. The molecule has 2 atom stereocenters. The number of hydrogen-bond acceptors (Lipinski definition) is 6. The van der Waals surface area contributed by atoms with Crippen molar-refractivity contribution >= 4 is 35.2 Å². The van der Waals surface area contributed by atoms with Crippen molar-refractivity contribution in [2.45, 2.75) is 56.6 Å². The van der Waals surface area contributed by atoms with Gasteiger partial charge in [-0.25, -0.2) is 4.79 Å². The van der Waals surface area contributed by atoms with E-state index in [2.05, 4.69) is 17.1 Å². The van der Waals surface area contributed by atoms with E-state index in [1.807, 2.05) is 41.0 Å². The van der Waals surface area contributed by atoms with Crippen molar-refractivity contribution < 1.29 is 19.1 Å². The molecule has 0 aliphatic carbocycles. The molecule has 0 spiro atoms. The van der Waals surface area contributed by atoms with E-state index in [0.29, 0.717) is 55.9 Å². The number of likely N-dealkylation sites (tertiary alicyclic amines) is 1. The minimum absolute atomic E-state index is 0.0645. The number of hydrogen-bond donors (Lipinski definition) is 2. The number of nitrogens with two attached hydrogens (primary N) is 1. The molecular weight excluding hydrogens is 490 g/mol. The van der Waals surface area contributed by atoms with Crippen LogP contribution in [0.3, 0.4) is 0 Å². The summed E-state index contributed by atoms with van der Waals surface area (Å²) in [5.41, 5.74) is 7.38. The van der Waals surface area contributed by atoms with Crippen LogP contribution in [0.4, 0.5) is 4.79 Å². The smallest absolute Gasteiger partial charge is 0.316 e. The molecule has 3 aliphatic heterocycles. The molecule has 1 aromatic carbocycles. The van der Waals surface area contributed by atoms with Gasteiger partial charge < -0.3 is 25.6 Å². The van der Waals surface area contributed by atoms with E-state index < -0.39 is 12.1 Å². The fraction of sp³-hybridized carbons (Fsp3) is 0.593. The Hall–Kier alpha value is -2.56. The van der Waals surface area contributed by atoms with Crippen LogP contribution in [-0.4, -0.2) is 96.3 Å². The number of rotatable bonds is 7. The molecule has 0 aromatic heterocycles. The number of ether oxygens (including phenoxy) is 1. The number of amides is 4. The van der Waals surface area contributed by atoms with E-state index >= 15 is 0 Å². The van der Waals surface area contributed by atoms with Crippen molar-refractivity contribution in [3.63, 3.8) is 0 Å². The van der Waals surface area contributed by atoms with Gasteiger partial charge in [0.05, 0.1) is 12.2 Å². The maximum absolute atomic E-state index is 13.8. The number of urea groups is 1. The number of morpholine rings is 1. The fourth-order valence-corrected chi connectivity index (χ4v) is 6.55. The summed E-state index contributed by atoms with van der Waals surface area (Å²) in [4.78, 5) is 45.7. The Bertz CT molecular complexity index is 1030. The summed E-state index contributed by atoms with van der Waals surface area (Å²) >= 11 is 1.59. The first kappa shape index (κ1) is 27.5. The molecule has 3 heterocycles. The molecule has 0 radical (unpaired) electrons. The normalized spacial score (nSPS) is 22.7. The van der Waals surface area contributed by atoms with Gasteiger partial charge in [0.25, 0.3) is 11.8 Å². The maximum Gasteiger partial charge on any atom is 0.316 e. The third-order valence-corrected chi connectivity index (χ3v) is 8.48. The first-order valence-electron chi connectivity index (χ1n) is 13.4. The van der Waals surface area contributed by atoms with Crippen molar-refractivity contribution in [2.24, 2.45) is 5.73 Å². The third-order valence-electron chi connectivity index (χ3n) is 7.38. The molecule has 2 fully saturated rings. The largest absolute Gasteiger partial charge is 0.366 e. The Labute approximate surface area is 223 Å². The molecule has 0 saturated carbocycles. The minimum atomic E-state index is -0.659. The fourth-order valence-electron chi connectivity index (χ4n) is 5.53. The van der Waals surface area contributed by atoms with Crippen LogP contribution >= 0.6 is 11.8 Å². The van der Waals surface area contributed by atoms with E-state index in [0.717, 1.165) is 49.2 Å². The number of benzene rings is 1. The lowest BCUT2D eigenvalue weighted by atomic mass is 10.0. The molecule has 202 valence electrons. The average molecular weight is 530 g/mol. The lowest BCUT2D eigenvalue weighted by molar-refractivity contribution is -0.150. The number of likely N-dealkylation sites (N-methyl/N-ethyl adjacent to an activating group) is 1. The molecule has 3 aliphatic rings. The molecule has 4 rings (SSSR count). The van der Waals surface area contributed by atoms with Crippen molar-refractivity contribution in [3.8, 4) is 0 Å². The number of primary amides is 1. The first-order valence-corrected chi connectivity index (χ1v) is 14.4. The SMILES string of the molecule is CCCN(CC)C(=O)C1CN(C2CCCN(C(=O)C3=C(NC(N)=O)CSc4ccccc43)CC2)CCO1. The van der Waals surface area contributed by atoms with Gasteiger partial charge in [-0.3, -0.25) is 14.5 Å². The highest BCUT2D eigenvalue weighted by molar-refractivity contribution is 7.99. The van der Waals surface area contributed by atoms with E-state index in [1.54, 1.807) is 11.8 Å². The number of nitrogens with one attached hydrogen (secondary N) is 1. The Balaban J connectivity index is 1.45. The molecule has 10 heteroatoms. The average Bonchev–Trinajstić information content (AvgIpc) is 3.17. The summed E-state index contributed by atoms with van der Waals surface area (Å²) < 4.78 is 5.89. The molecule has 2 unspecified atom stereocenters. The van der Waals surface area contributed by atoms with Crippen LogP contribution in [-0.2, 0) is 14.3 Å². The second-order valence-corrected chi connectivity index (χ2v) is 10.8. The molecule has 0 bridgehead atoms. The standard InChI is InChI=1S/C27H39N5O4S/c1-3-12-30(4-2)25(33)22-17-32(15-16-36-22)19-8-7-13-31(14-11-19)26(34)24-20-9-5-6-10-23(20)37-18-21(24)29-27(28)35/h5-6,9-10,19,22H,3-4,7-8,11-18H2,1-2H3,(H3,28,29,35). The lowest BCUT2D eigenvalue weighted by Gasteiger charge is -2.39. The van der Waals surface area contributed by atoms with Crippen LogP contribution in [0.1, 0.15) is 45.1 Å². The van der Waals surface area contributed by atoms with E-state index in [-0.39, 0.29) is 11.8 Å². The highest BCUT2D eigenvalue weighted by atomic mass is 32.2. The lowest BCUT2D eigenvalue weighted by Crippen LogP contribution is -2.54. The summed E-state index contributed by atoms with van der Waals surface area (Å²) in [7, 11) is 0. The maximum atomic E-state index is 13.8. The molecule has 4 amide bonds. The minimum Gasteiger partial charge on any atom is -0.366 e. The number of nitrogens with zero attached hydrogens (tertiary/aromatic N) is 3. The van der Waals surface area contributed by atoms with Crippen molar-refractivity contribution in [1.29, 1.82) is 0 Å². The Morgan fingerprint density at radius 2 is 1.97 bits per heavy atom. The Morgan fingerprint density at radius 1 is 1.16 bits per heavy atom. The molecular formula is C27H39N5O4S. The van der Waals surface area contributed by atoms with Gasteiger partial charge in [-0.05, 0) is 38.7 Å².